The smallest absolute Gasteiger partial charge is 0.235 e. The van der Waals surface area contributed by atoms with Gasteiger partial charge >= 0.3 is 0 Å². The second kappa shape index (κ2) is 9.88. The first-order chi connectivity index (χ1) is 15.8. The van der Waals surface area contributed by atoms with Crippen molar-refractivity contribution in [3.63, 3.8) is 0 Å². The fraction of sp³-hybridized carbons (Fsp3) is 0.321. The first kappa shape index (κ1) is 23.2. The lowest BCUT2D eigenvalue weighted by Gasteiger charge is -2.31. The number of halogens is 1. The normalized spacial score (nSPS) is 15.0. The molecule has 1 aliphatic rings. The molecule has 172 valence electrons. The van der Waals surface area contributed by atoms with Gasteiger partial charge in [-0.05, 0) is 65.9 Å². The summed E-state index contributed by atoms with van der Waals surface area (Å²) in [6, 6.07) is 22.2. The number of hydrogen-bond acceptors (Lipinski definition) is 3. The van der Waals surface area contributed by atoms with Gasteiger partial charge in [-0.25, -0.2) is 0 Å². The highest BCUT2D eigenvalue weighted by atomic mass is 35.5. The van der Waals surface area contributed by atoms with Gasteiger partial charge in [-0.3, -0.25) is 4.79 Å². The maximum atomic E-state index is 14.0. The van der Waals surface area contributed by atoms with Crippen LogP contribution in [0.5, 0.6) is 5.75 Å². The number of hydrogen-bond donors (Lipinski definition) is 0. The molecule has 4 rings (SSSR count). The van der Waals surface area contributed by atoms with Crippen molar-refractivity contribution < 1.29 is 9.53 Å². The summed E-state index contributed by atoms with van der Waals surface area (Å²) >= 11 is 6.28. The molecule has 0 radical (unpaired) electrons. The van der Waals surface area contributed by atoms with E-state index in [0.29, 0.717) is 30.5 Å². The van der Waals surface area contributed by atoms with Crippen molar-refractivity contribution in [2.45, 2.75) is 38.6 Å². The fourth-order valence-electron chi connectivity index (χ4n) is 4.23. The topological polar surface area (TPSA) is 32.8 Å². The molecule has 0 saturated heterocycles. The number of nitrogens with zero attached hydrogens (tertiary/aromatic N) is 2. The van der Waals surface area contributed by atoms with Crippen LogP contribution in [0.3, 0.4) is 0 Å². The molecule has 0 spiro atoms. The summed E-state index contributed by atoms with van der Waals surface area (Å²) in [5, 5.41) is 0.615. The van der Waals surface area contributed by atoms with E-state index in [2.05, 4.69) is 67.3 Å². The van der Waals surface area contributed by atoms with E-state index in [0.717, 1.165) is 28.3 Å². The number of anilines is 2. The minimum absolute atomic E-state index is 0.0656. The van der Waals surface area contributed by atoms with Crippen molar-refractivity contribution in [3.8, 4) is 5.75 Å². The van der Waals surface area contributed by atoms with Gasteiger partial charge in [0.1, 0.15) is 5.75 Å². The summed E-state index contributed by atoms with van der Waals surface area (Å²) < 4.78 is 5.81. The summed E-state index contributed by atoms with van der Waals surface area (Å²) in [5.41, 5.74) is 5.23. The van der Waals surface area contributed by atoms with Gasteiger partial charge in [0.15, 0.2) is 0 Å². The molecule has 1 amide bonds. The zero-order chi connectivity index (χ0) is 23.5. The highest BCUT2D eigenvalue weighted by Crippen LogP contribution is 2.38. The number of fused-ring (bicyclic) bond motifs is 1. The van der Waals surface area contributed by atoms with Crippen molar-refractivity contribution in [3.05, 3.63) is 88.4 Å². The van der Waals surface area contributed by atoms with E-state index in [4.69, 9.17) is 16.3 Å². The molecule has 5 heteroatoms. The average molecular weight is 463 g/mol. The summed E-state index contributed by atoms with van der Waals surface area (Å²) in [4.78, 5) is 18.0. The zero-order valence-corrected chi connectivity index (χ0v) is 20.5. The first-order valence-corrected chi connectivity index (χ1v) is 11.8. The van der Waals surface area contributed by atoms with Crippen LogP contribution in [0.1, 0.15) is 48.8 Å². The van der Waals surface area contributed by atoms with Gasteiger partial charge < -0.3 is 14.5 Å². The molecule has 0 aromatic heterocycles. The van der Waals surface area contributed by atoms with E-state index in [1.165, 1.54) is 5.56 Å². The standard InChI is InChI=1S/C28H31ClN2O2/c1-19(2)21-7-12-24(13-8-21)31(18-20-5-10-23(11-6-20)30(3)4)28(32)25-15-16-33-27-14-9-22(29)17-26(25)27/h5-14,17,19,25H,15-16,18H2,1-4H3. The highest BCUT2D eigenvalue weighted by Gasteiger charge is 2.32. The van der Waals surface area contributed by atoms with Gasteiger partial charge in [-0.1, -0.05) is 49.7 Å². The number of amides is 1. The van der Waals surface area contributed by atoms with Crippen LogP contribution < -0.4 is 14.5 Å². The van der Waals surface area contributed by atoms with Crippen LogP contribution in [0.4, 0.5) is 11.4 Å². The Kier molecular flexibility index (Phi) is 6.94. The van der Waals surface area contributed by atoms with Gasteiger partial charge in [-0.15, -0.1) is 0 Å². The lowest BCUT2D eigenvalue weighted by Crippen LogP contribution is -2.36. The predicted molar refractivity (Wildman–Crippen MR) is 137 cm³/mol. The summed E-state index contributed by atoms with van der Waals surface area (Å²) in [6.07, 6.45) is 0.631. The number of carbonyl (C=O) groups excluding carboxylic acids is 1. The molecule has 33 heavy (non-hydrogen) atoms. The monoisotopic (exact) mass is 462 g/mol. The Morgan fingerprint density at radius 2 is 1.67 bits per heavy atom. The van der Waals surface area contributed by atoms with E-state index in [1.54, 1.807) is 0 Å². The molecule has 1 aliphatic heterocycles. The van der Waals surface area contributed by atoms with Crippen LogP contribution in [0.25, 0.3) is 0 Å². The minimum atomic E-state index is -0.293. The van der Waals surface area contributed by atoms with E-state index < -0.39 is 0 Å². The molecular formula is C28H31ClN2O2. The van der Waals surface area contributed by atoms with Crippen molar-refractivity contribution in [1.82, 2.24) is 0 Å². The summed E-state index contributed by atoms with van der Waals surface area (Å²) in [6.45, 7) is 5.36. The van der Waals surface area contributed by atoms with E-state index >= 15 is 0 Å². The van der Waals surface area contributed by atoms with Crippen molar-refractivity contribution >= 4 is 28.9 Å². The maximum absolute atomic E-state index is 14.0. The van der Waals surface area contributed by atoms with Crippen LogP contribution in [-0.2, 0) is 11.3 Å². The van der Waals surface area contributed by atoms with Crippen molar-refractivity contribution in [2.75, 3.05) is 30.5 Å². The summed E-state index contributed by atoms with van der Waals surface area (Å²) in [5.74, 6) is 0.954. The summed E-state index contributed by atoms with van der Waals surface area (Å²) in [7, 11) is 4.05. The van der Waals surface area contributed by atoms with Crippen LogP contribution in [0, 0.1) is 0 Å². The zero-order valence-electron chi connectivity index (χ0n) is 19.7. The van der Waals surface area contributed by atoms with Crippen LogP contribution in [-0.4, -0.2) is 26.6 Å². The Labute approximate surface area is 201 Å². The predicted octanol–water partition coefficient (Wildman–Crippen LogP) is 6.63. The number of benzene rings is 3. The lowest BCUT2D eigenvalue weighted by atomic mass is 9.91. The number of ether oxygens (including phenoxy) is 1. The molecule has 3 aromatic carbocycles. The average Bonchev–Trinajstić information content (AvgIpc) is 2.82. The maximum Gasteiger partial charge on any atom is 0.235 e. The van der Waals surface area contributed by atoms with Crippen LogP contribution in [0.2, 0.25) is 5.02 Å². The van der Waals surface area contributed by atoms with E-state index in [-0.39, 0.29) is 11.8 Å². The highest BCUT2D eigenvalue weighted by molar-refractivity contribution is 6.30. The first-order valence-electron chi connectivity index (χ1n) is 11.4. The van der Waals surface area contributed by atoms with Crippen LogP contribution >= 0.6 is 11.6 Å². The molecule has 0 bridgehead atoms. The molecule has 0 fully saturated rings. The van der Waals surface area contributed by atoms with Gasteiger partial charge in [0.05, 0.1) is 19.1 Å². The molecule has 1 atom stereocenters. The molecule has 0 saturated carbocycles. The third-order valence-electron chi connectivity index (χ3n) is 6.24. The third kappa shape index (κ3) is 5.17. The van der Waals surface area contributed by atoms with Gasteiger partial charge in [0.25, 0.3) is 0 Å². The third-order valence-corrected chi connectivity index (χ3v) is 6.48. The largest absolute Gasteiger partial charge is 0.493 e. The quantitative estimate of drug-likeness (QED) is 0.412. The second-order valence-corrected chi connectivity index (χ2v) is 9.54. The van der Waals surface area contributed by atoms with Gasteiger partial charge in [-0.2, -0.15) is 0 Å². The minimum Gasteiger partial charge on any atom is -0.493 e. The van der Waals surface area contributed by atoms with Gasteiger partial charge in [0, 0.05) is 36.1 Å². The Balaban J connectivity index is 1.69. The SMILES string of the molecule is CC(C)c1ccc(N(Cc2ccc(N(C)C)cc2)C(=O)C2CCOc3ccc(Cl)cc32)cc1. The number of carbonyl (C=O) groups is 1. The van der Waals surface area contributed by atoms with Gasteiger partial charge in [0.2, 0.25) is 5.91 Å². The lowest BCUT2D eigenvalue weighted by molar-refractivity contribution is -0.120. The molecule has 4 nitrogen and oxygen atoms in total. The molecule has 0 N–H and O–H groups in total. The Morgan fingerprint density at radius 3 is 2.30 bits per heavy atom. The van der Waals surface area contributed by atoms with E-state index in [9.17, 15) is 4.79 Å². The van der Waals surface area contributed by atoms with E-state index in [1.807, 2.05) is 37.2 Å². The molecule has 3 aromatic rings. The second-order valence-electron chi connectivity index (χ2n) is 9.10. The fourth-order valence-corrected chi connectivity index (χ4v) is 4.41. The molecular weight excluding hydrogens is 432 g/mol. The molecule has 0 aliphatic carbocycles. The van der Waals surface area contributed by atoms with Crippen molar-refractivity contribution in [1.29, 1.82) is 0 Å². The molecule has 1 heterocycles. The van der Waals surface area contributed by atoms with Crippen molar-refractivity contribution in [2.24, 2.45) is 0 Å². The molecule has 1 unspecified atom stereocenters. The Morgan fingerprint density at radius 1 is 1.00 bits per heavy atom. The number of rotatable bonds is 6. The Bertz CT molecular complexity index is 1110. The Hall–Kier alpha value is -2.98. The van der Waals surface area contributed by atoms with Crippen LogP contribution in [0.15, 0.2) is 66.7 Å².